The van der Waals surface area contributed by atoms with Gasteiger partial charge < -0.3 is 16.0 Å². The Kier molecular flexibility index (Phi) is 3.00. The lowest BCUT2D eigenvalue weighted by Crippen LogP contribution is -2.59. The topological polar surface area (TPSA) is 41.3 Å². The third kappa shape index (κ3) is 2.93. The molecule has 1 rings (SSSR count). The number of hydrogen-bond acceptors (Lipinski definition) is 3. The van der Waals surface area contributed by atoms with E-state index in [0.29, 0.717) is 0 Å². The second kappa shape index (κ2) is 3.56. The standard InChI is InChI=1S/C10H23N3/c1-9(2,3)12-10(7-11)5-6-13(4)8-10/h12H,5-8,11H2,1-4H3. The van der Waals surface area contributed by atoms with Gasteiger partial charge >= 0.3 is 0 Å². The molecule has 0 saturated carbocycles. The molecule has 3 N–H and O–H groups in total. The molecule has 0 bridgehead atoms. The van der Waals surface area contributed by atoms with E-state index in [0.717, 1.165) is 26.1 Å². The van der Waals surface area contributed by atoms with Gasteiger partial charge in [0.15, 0.2) is 0 Å². The van der Waals surface area contributed by atoms with Crippen molar-refractivity contribution in [1.29, 1.82) is 0 Å². The first-order valence-corrected chi connectivity index (χ1v) is 5.05. The molecule has 0 radical (unpaired) electrons. The van der Waals surface area contributed by atoms with Gasteiger partial charge in [-0.3, -0.25) is 0 Å². The average molecular weight is 185 g/mol. The highest BCUT2D eigenvalue weighted by molar-refractivity contribution is 5.00. The molecule has 3 heteroatoms. The summed E-state index contributed by atoms with van der Waals surface area (Å²) in [7, 11) is 2.15. The van der Waals surface area contributed by atoms with Gasteiger partial charge in [0.25, 0.3) is 0 Å². The predicted octanol–water partition coefficient (Wildman–Crippen LogP) is 0.408. The van der Waals surface area contributed by atoms with Crippen molar-refractivity contribution in [2.75, 3.05) is 26.7 Å². The monoisotopic (exact) mass is 185 g/mol. The van der Waals surface area contributed by atoms with Crippen LogP contribution in [0.25, 0.3) is 0 Å². The summed E-state index contributed by atoms with van der Waals surface area (Å²) in [5.74, 6) is 0. The van der Waals surface area contributed by atoms with Gasteiger partial charge in [-0.2, -0.15) is 0 Å². The molecule has 1 heterocycles. The van der Waals surface area contributed by atoms with E-state index in [1.165, 1.54) is 0 Å². The first-order valence-electron chi connectivity index (χ1n) is 5.05. The third-order valence-corrected chi connectivity index (χ3v) is 2.58. The molecule has 1 saturated heterocycles. The summed E-state index contributed by atoms with van der Waals surface area (Å²) in [4.78, 5) is 2.34. The van der Waals surface area contributed by atoms with E-state index in [1.54, 1.807) is 0 Å². The highest BCUT2D eigenvalue weighted by Crippen LogP contribution is 2.21. The SMILES string of the molecule is CN1CCC(CN)(NC(C)(C)C)C1. The average Bonchev–Trinajstić information content (AvgIpc) is 2.29. The highest BCUT2D eigenvalue weighted by atomic mass is 15.2. The van der Waals surface area contributed by atoms with Crippen molar-refractivity contribution in [3.63, 3.8) is 0 Å². The van der Waals surface area contributed by atoms with E-state index >= 15 is 0 Å². The highest BCUT2D eigenvalue weighted by Gasteiger charge is 2.37. The van der Waals surface area contributed by atoms with Gasteiger partial charge in [-0.15, -0.1) is 0 Å². The van der Waals surface area contributed by atoms with Crippen LogP contribution in [0.15, 0.2) is 0 Å². The van der Waals surface area contributed by atoms with Crippen LogP contribution in [0.2, 0.25) is 0 Å². The molecular formula is C10H23N3. The van der Waals surface area contributed by atoms with Crippen molar-refractivity contribution in [3.05, 3.63) is 0 Å². The van der Waals surface area contributed by atoms with Crippen LogP contribution in [0.3, 0.4) is 0 Å². The molecule has 78 valence electrons. The van der Waals surface area contributed by atoms with Crippen LogP contribution in [0.5, 0.6) is 0 Å². The number of nitrogens with one attached hydrogen (secondary N) is 1. The molecule has 13 heavy (non-hydrogen) atoms. The Bertz CT molecular complexity index is 173. The Morgan fingerprint density at radius 2 is 2.08 bits per heavy atom. The number of likely N-dealkylation sites (tertiary alicyclic amines) is 1. The first-order chi connectivity index (χ1) is 5.87. The quantitative estimate of drug-likeness (QED) is 0.654. The summed E-state index contributed by atoms with van der Waals surface area (Å²) in [6.45, 7) is 9.55. The van der Waals surface area contributed by atoms with Gasteiger partial charge in [-0.25, -0.2) is 0 Å². The number of rotatable bonds is 2. The molecule has 1 aliphatic rings. The second-order valence-corrected chi connectivity index (χ2v) is 5.35. The largest absolute Gasteiger partial charge is 0.329 e. The van der Waals surface area contributed by atoms with Gasteiger partial charge in [0.05, 0.1) is 0 Å². The number of nitrogens with two attached hydrogens (primary N) is 1. The van der Waals surface area contributed by atoms with Crippen molar-refractivity contribution in [2.45, 2.75) is 38.3 Å². The molecule has 3 nitrogen and oxygen atoms in total. The Labute approximate surface area is 81.7 Å². The lowest BCUT2D eigenvalue weighted by molar-refractivity contribution is 0.248. The molecule has 0 aliphatic carbocycles. The smallest absolute Gasteiger partial charge is 0.0448 e. The Morgan fingerprint density at radius 3 is 2.38 bits per heavy atom. The minimum absolute atomic E-state index is 0.146. The van der Waals surface area contributed by atoms with Gasteiger partial charge in [-0.05, 0) is 40.8 Å². The minimum Gasteiger partial charge on any atom is -0.329 e. The summed E-state index contributed by atoms with van der Waals surface area (Å²) >= 11 is 0. The van der Waals surface area contributed by atoms with Crippen LogP contribution in [0.4, 0.5) is 0 Å². The van der Waals surface area contributed by atoms with Gasteiger partial charge in [0.2, 0.25) is 0 Å². The van der Waals surface area contributed by atoms with Crippen molar-refractivity contribution in [3.8, 4) is 0 Å². The van der Waals surface area contributed by atoms with Crippen LogP contribution in [-0.4, -0.2) is 42.7 Å². The van der Waals surface area contributed by atoms with Crippen molar-refractivity contribution in [1.82, 2.24) is 10.2 Å². The Balaban J connectivity index is 2.61. The van der Waals surface area contributed by atoms with E-state index in [9.17, 15) is 0 Å². The Morgan fingerprint density at radius 1 is 1.46 bits per heavy atom. The van der Waals surface area contributed by atoms with Crippen molar-refractivity contribution < 1.29 is 0 Å². The molecule has 0 aromatic carbocycles. The third-order valence-electron chi connectivity index (χ3n) is 2.58. The maximum atomic E-state index is 5.85. The van der Waals surface area contributed by atoms with E-state index < -0.39 is 0 Å². The van der Waals surface area contributed by atoms with Gasteiger partial charge in [0.1, 0.15) is 0 Å². The molecule has 1 unspecified atom stereocenters. The molecule has 0 spiro atoms. The van der Waals surface area contributed by atoms with Gasteiger partial charge in [0, 0.05) is 24.2 Å². The summed E-state index contributed by atoms with van der Waals surface area (Å²) in [6, 6.07) is 0. The molecule has 1 aliphatic heterocycles. The van der Waals surface area contributed by atoms with E-state index in [-0.39, 0.29) is 11.1 Å². The molecule has 1 fully saturated rings. The van der Waals surface area contributed by atoms with E-state index in [1.807, 2.05) is 0 Å². The fourth-order valence-corrected chi connectivity index (χ4v) is 2.19. The maximum absolute atomic E-state index is 5.85. The normalized spacial score (nSPS) is 31.2. The summed E-state index contributed by atoms with van der Waals surface area (Å²) < 4.78 is 0. The maximum Gasteiger partial charge on any atom is 0.0448 e. The van der Waals surface area contributed by atoms with Gasteiger partial charge in [-0.1, -0.05) is 0 Å². The second-order valence-electron chi connectivity index (χ2n) is 5.35. The summed E-state index contributed by atoms with van der Waals surface area (Å²) in [5, 5.41) is 3.65. The Hall–Kier alpha value is -0.120. The summed E-state index contributed by atoms with van der Waals surface area (Å²) in [6.07, 6.45) is 1.16. The van der Waals surface area contributed by atoms with Crippen LogP contribution in [-0.2, 0) is 0 Å². The lowest BCUT2D eigenvalue weighted by Gasteiger charge is -2.36. The van der Waals surface area contributed by atoms with E-state index in [4.69, 9.17) is 5.73 Å². The number of hydrogen-bond donors (Lipinski definition) is 2. The van der Waals surface area contributed by atoms with Crippen LogP contribution < -0.4 is 11.1 Å². The zero-order chi connectivity index (χ0) is 10.1. The zero-order valence-electron chi connectivity index (χ0n) is 9.35. The van der Waals surface area contributed by atoms with Crippen LogP contribution in [0.1, 0.15) is 27.2 Å². The fraction of sp³-hybridized carbons (Fsp3) is 1.00. The molecule has 0 amide bonds. The van der Waals surface area contributed by atoms with Crippen molar-refractivity contribution >= 4 is 0 Å². The van der Waals surface area contributed by atoms with Crippen LogP contribution >= 0.6 is 0 Å². The molecule has 0 aromatic rings. The minimum atomic E-state index is 0.146. The predicted molar refractivity (Wildman–Crippen MR) is 56.8 cm³/mol. The first kappa shape index (κ1) is 11.0. The fourth-order valence-electron chi connectivity index (χ4n) is 2.19. The summed E-state index contributed by atoms with van der Waals surface area (Å²) in [5.41, 5.74) is 6.15. The molecule has 0 aromatic heterocycles. The van der Waals surface area contributed by atoms with Crippen LogP contribution in [0, 0.1) is 0 Å². The number of nitrogens with zero attached hydrogens (tertiary/aromatic N) is 1. The lowest BCUT2D eigenvalue weighted by atomic mass is 9.94. The number of likely N-dealkylation sites (N-methyl/N-ethyl adjacent to an activating group) is 1. The molecular weight excluding hydrogens is 162 g/mol. The zero-order valence-corrected chi connectivity index (χ0v) is 9.35. The van der Waals surface area contributed by atoms with Crippen molar-refractivity contribution in [2.24, 2.45) is 5.73 Å². The molecule has 1 atom stereocenters. The van der Waals surface area contributed by atoms with E-state index in [2.05, 4.69) is 38.0 Å².